The van der Waals surface area contributed by atoms with E-state index in [0.717, 1.165) is 50.5 Å². The predicted molar refractivity (Wildman–Crippen MR) is 129 cm³/mol. The Kier molecular flexibility index (Phi) is 5.98. The highest BCUT2D eigenvalue weighted by atomic mass is 32.1. The summed E-state index contributed by atoms with van der Waals surface area (Å²) in [5.41, 5.74) is 0.664. The number of halogens is 3. The number of alkyl halides is 3. The van der Waals surface area contributed by atoms with E-state index in [1.807, 2.05) is 0 Å². The highest BCUT2D eigenvalue weighted by Gasteiger charge is 2.52. The predicted octanol–water partition coefficient (Wildman–Crippen LogP) is 5.05. The summed E-state index contributed by atoms with van der Waals surface area (Å²) in [6.07, 6.45) is 3.00. The SMILES string of the molecule is N#Cc1ncc(N2CC3(CCC3)N(c3ccc(CC4CCNCC4)cc3)C2=S)cc1C(F)(F)F. The van der Waals surface area contributed by atoms with Gasteiger partial charge in [0.2, 0.25) is 0 Å². The van der Waals surface area contributed by atoms with Crippen molar-refractivity contribution in [2.24, 2.45) is 5.92 Å². The molecule has 0 unspecified atom stereocenters. The van der Waals surface area contributed by atoms with Crippen LogP contribution in [0.15, 0.2) is 36.5 Å². The van der Waals surface area contributed by atoms with E-state index in [2.05, 4.69) is 39.5 Å². The van der Waals surface area contributed by atoms with Gasteiger partial charge in [0.15, 0.2) is 10.8 Å². The summed E-state index contributed by atoms with van der Waals surface area (Å²) in [5, 5.41) is 13.0. The fraction of sp³-hybridized carbons (Fsp3) is 0.480. The first-order chi connectivity index (χ1) is 16.3. The molecule has 2 aliphatic heterocycles. The standard InChI is InChI=1S/C25H26F3N5S/c26-25(27,28)21-13-20(15-31-22(21)14-29)32-16-24(8-1-9-24)33(23(32)34)19-4-2-17(3-5-19)12-18-6-10-30-11-7-18/h2-5,13,15,18,30H,1,6-12,16H2. The van der Waals surface area contributed by atoms with Crippen LogP contribution in [-0.2, 0) is 12.6 Å². The first-order valence-electron chi connectivity index (χ1n) is 11.7. The third-order valence-electron chi connectivity index (χ3n) is 7.41. The lowest BCUT2D eigenvalue weighted by Gasteiger charge is -2.45. The molecule has 3 fully saturated rings. The van der Waals surface area contributed by atoms with Gasteiger partial charge in [0.1, 0.15) is 6.07 Å². The van der Waals surface area contributed by atoms with Crippen molar-refractivity contribution in [1.82, 2.24) is 10.3 Å². The Balaban J connectivity index is 1.41. The average molecular weight is 486 g/mol. The van der Waals surface area contributed by atoms with Gasteiger partial charge in [0, 0.05) is 12.2 Å². The van der Waals surface area contributed by atoms with Gasteiger partial charge < -0.3 is 15.1 Å². The zero-order valence-corrected chi connectivity index (χ0v) is 19.6. The molecular weight excluding hydrogens is 459 g/mol. The molecule has 1 aliphatic carbocycles. The summed E-state index contributed by atoms with van der Waals surface area (Å²) in [6, 6.07) is 11.0. The van der Waals surface area contributed by atoms with Gasteiger partial charge in [-0.3, -0.25) is 0 Å². The molecule has 3 aliphatic rings. The third-order valence-corrected chi connectivity index (χ3v) is 7.81. The number of hydrogen-bond acceptors (Lipinski definition) is 4. The van der Waals surface area contributed by atoms with Crippen molar-refractivity contribution >= 4 is 28.7 Å². The van der Waals surface area contributed by atoms with Crippen LogP contribution in [0, 0.1) is 17.2 Å². The molecule has 5 nitrogen and oxygen atoms in total. The minimum Gasteiger partial charge on any atom is -0.317 e. The lowest BCUT2D eigenvalue weighted by Crippen LogP contribution is -2.52. The van der Waals surface area contributed by atoms with Gasteiger partial charge in [-0.15, -0.1) is 0 Å². The Morgan fingerprint density at radius 1 is 1.15 bits per heavy atom. The van der Waals surface area contributed by atoms with Gasteiger partial charge >= 0.3 is 6.18 Å². The summed E-state index contributed by atoms with van der Waals surface area (Å²) in [7, 11) is 0. The Morgan fingerprint density at radius 3 is 2.44 bits per heavy atom. The maximum absolute atomic E-state index is 13.5. The van der Waals surface area contributed by atoms with Gasteiger partial charge in [-0.1, -0.05) is 12.1 Å². The van der Waals surface area contributed by atoms with Crippen LogP contribution < -0.4 is 15.1 Å². The number of nitrogens with one attached hydrogen (secondary N) is 1. The lowest BCUT2D eigenvalue weighted by atomic mass is 9.76. The van der Waals surface area contributed by atoms with E-state index in [1.54, 1.807) is 11.0 Å². The number of hydrogen-bond donors (Lipinski definition) is 1. The normalized spacial score (nSPS) is 20.5. The first-order valence-corrected chi connectivity index (χ1v) is 12.1. The van der Waals surface area contributed by atoms with Gasteiger partial charge in [0.05, 0.1) is 23.0 Å². The van der Waals surface area contributed by atoms with Gasteiger partial charge in [-0.2, -0.15) is 18.4 Å². The van der Waals surface area contributed by atoms with Crippen molar-refractivity contribution < 1.29 is 13.2 Å². The number of pyridine rings is 1. The Hall–Kier alpha value is -2.70. The molecule has 34 heavy (non-hydrogen) atoms. The Morgan fingerprint density at radius 2 is 1.85 bits per heavy atom. The molecule has 0 amide bonds. The number of anilines is 2. The van der Waals surface area contributed by atoms with E-state index in [0.29, 0.717) is 17.6 Å². The molecule has 3 heterocycles. The third kappa shape index (κ3) is 4.14. The quantitative estimate of drug-likeness (QED) is 0.612. The van der Waals surface area contributed by atoms with Crippen LogP contribution in [0.3, 0.4) is 0 Å². The molecule has 1 N–H and O–H groups in total. The molecule has 0 bridgehead atoms. The second-order valence-electron chi connectivity index (χ2n) is 9.55. The van der Waals surface area contributed by atoms with Crippen LogP contribution in [-0.4, -0.2) is 35.3 Å². The number of benzene rings is 1. The maximum Gasteiger partial charge on any atom is 0.419 e. The minimum atomic E-state index is -4.66. The fourth-order valence-corrected chi connectivity index (χ4v) is 5.88. The molecule has 1 saturated carbocycles. The van der Waals surface area contributed by atoms with E-state index >= 15 is 0 Å². The number of aromatic nitrogens is 1. The van der Waals surface area contributed by atoms with Crippen LogP contribution in [0.4, 0.5) is 24.5 Å². The molecule has 2 saturated heterocycles. The van der Waals surface area contributed by atoms with Crippen molar-refractivity contribution in [2.45, 2.75) is 50.2 Å². The summed E-state index contributed by atoms with van der Waals surface area (Å²) in [6.45, 7) is 2.65. The van der Waals surface area contributed by atoms with Crippen LogP contribution in [0.25, 0.3) is 0 Å². The summed E-state index contributed by atoms with van der Waals surface area (Å²) in [5.74, 6) is 0.695. The molecule has 9 heteroatoms. The maximum atomic E-state index is 13.5. The second-order valence-corrected chi connectivity index (χ2v) is 9.91. The monoisotopic (exact) mass is 485 g/mol. The molecule has 0 radical (unpaired) electrons. The summed E-state index contributed by atoms with van der Waals surface area (Å²) in [4.78, 5) is 7.65. The smallest absolute Gasteiger partial charge is 0.317 e. The van der Waals surface area contributed by atoms with Crippen molar-refractivity contribution in [1.29, 1.82) is 5.26 Å². The molecular formula is C25H26F3N5S. The summed E-state index contributed by atoms with van der Waals surface area (Å²) >= 11 is 5.81. The number of thiocarbonyl (C=S) groups is 1. The molecule has 2 aromatic rings. The molecule has 1 aromatic carbocycles. The Bertz CT molecular complexity index is 1110. The van der Waals surface area contributed by atoms with E-state index in [1.165, 1.54) is 24.6 Å². The zero-order valence-electron chi connectivity index (χ0n) is 18.7. The number of nitriles is 1. The summed E-state index contributed by atoms with van der Waals surface area (Å²) < 4.78 is 40.6. The first kappa shape index (κ1) is 23.1. The van der Waals surface area contributed by atoms with Crippen LogP contribution in [0.1, 0.15) is 48.9 Å². The van der Waals surface area contributed by atoms with Gasteiger partial charge in [-0.05, 0) is 93.5 Å². The van der Waals surface area contributed by atoms with E-state index < -0.39 is 17.4 Å². The molecule has 0 atom stereocenters. The van der Waals surface area contributed by atoms with E-state index in [9.17, 15) is 13.2 Å². The van der Waals surface area contributed by atoms with Gasteiger partial charge in [-0.25, -0.2) is 4.98 Å². The largest absolute Gasteiger partial charge is 0.419 e. The van der Waals surface area contributed by atoms with E-state index in [4.69, 9.17) is 17.5 Å². The van der Waals surface area contributed by atoms with Crippen molar-refractivity contribution in [2.75, 3.05) is 29.4 Å². The molecule has 178 valence electrons. The Labute approximate surface area is 202 Å². The number of nitrogens with zero attached hydrogens (tertiary/aromatic N) is 4. The zero-order chi connectivity index (χ0) is 23.9. The molecule has 1 aromatic heterocycles. The average Bonchev–Trinajstić information content (AvgIpc) is 3.13. The minimum absolute atomic E-state index is 0.222. The molecule has 1 spiro atoms. The highest BCUT2D eigenvalue weighted by molar-refractivity contribution is 7.80. The van der Waals surface area contributed by atoms with Crippen LogP contribution in [0.2, 0.25) is 0 Å². The highest BCUT2D eigenvalue weighted by Crippen LogP contribution is 2.47. The van der Waals surface area contributed by atoms with Crippen LogP contribution in [0.5, 0.6) is 0 Å². The van der Waals surface area contributed by atoms with Gasteiger partial charge in [0.25, 0.3) is 0 Å². The van der Waals surface area contributed by atoms with E-state index in [-0.39, 0.29) is 11.2 Å². The lowest BCUT2D eigenvalue weighted by molar-refractivity contribution is -0.138. The number of rotatable bonds is 4. The fourth-order valence-electron chi connectivity index (χ4n) is 5.42. The topological polar surface area (TPSA) is 55.2 Å². The second kappa shape index (κ2) is 8.82. The van der Waals surface area contributed by atoms with Crippen molar-refractivity contribution in [3.8, 4) is 6.07 Å². The van der Waals surface area contributed by atoms with Crippen LogP contribution >= 0.6 is 12.2 Å². The van der Waals surface area contributed by atoms with Crippen molar-refractivity contribution in [3.05, 3.63) is 53.3 Å². The number of piperidine rings is 1. The van der Waals surface area contributed by atoms with Crippen molar-refractivity contribution in [3.63, 3.8) is 0 Å². The molecule has 5 rings (SSSR count).